The third kappa shape index (κ3) is 5.79. The van der Waals surface area contributed by atoms with E-state index in [0.29, 0.717) is 30.6 Å². The van der Waals surface area contributed by atoms with E-state index in [1.54, 1.807) is 12.1 Å². The van der Waals surface area contributed by atoms with Crippen LogP contribution < -0.4 is 4.74 Å². The summed E-state index contributed by atoms with van der Waals surface area (Å²) in [4.78, 5) is 15.8. The summed E-state index contributed by atoms with van der Waals surface area (Å²) in [6, 6.07) is 11.9. The number of amides is 1. The molecular formula is C25H29F3N2O3. The van der Waals surface area contributed by atoms with Gasteiger partial charge >= 0.3 is 12.3 Å². The second-order valence-corrected chi connectivity index (χ2v) is 8.83. The van der Waals surface area contributed by atoms with E-state index >= 15 is 0 Å². The molecule has 1 amide bonds. The molecule has 0 bridgehead atoms. The van der Waals surface area contributed by atoms with Gasteiger partial charge in [0.1, 0.15) is 11.5 Å². The number of halogens is 3. The monoisotopic (exact) mass is 462 g/mol. The first kappa shape index (κ1) is 23.4. The van der Waals surface area contributed by atoms with Crippen LogP contribution in [0.1, 0.15) is 55.7 Å². The van der Waals surface area contributed by atoms with E-state index in [1.807, 2.05) is 12.1 Å². The Morgan fingerprint density at radius 2 is 1.45 bits per heavy atom. The molecule has 2 aromatic carbocycles. The molecule has 8 heteroatoms. The van der Waals surface area contributed by atoms with E-state index in [2.05, 4.69) is 4.90 Å². The summed E-state index contributed by atoms with van der Waals surface area (Å²) in [5, 5.41) is 9.74. The van der Waals surface area contributed by atoms with Crippen LogP contribution in [0.15, 0.2) is 48.5 Å². The standard InChI is InChI=1S/C25H29F3N2O3/c26-25(27,28)19-9-13-22(14-10-19)33-21-11-7-18(8-12-21)23-17-29(15-16-30(23)24(31)32)20-5-3-1-2-4-6-20/h7-14,20,23H,1-6,15-17H2,(H,31,32). The predicted molar refractivity (Wildman–Crippen MR) is 118 cm³/mol. The van der Waals surface area contributed by atoms with Gasteiger partial charge in [-0.15, -0.1) is 0 Å². The van der Waals surface area contributed by atoms with E-state index in [9.17, 15) is 23.1 Å². The fourth-order valence-electron chi connectivity index (χ4n) is 4.88. The Bertz CT molecular complexity index is 923. The average Bonchev–Trinajstić information content (AvgIpc) is 3.09. The smallest absolute Gasteiger partial charge is 0.416 e. The molecule has 0 aromatic heterocycles. The van der Waals surface area contributed by atoms with Gasteiger partial charge in [0.25, 0.3) is 0 Å². The Hall–Kier alpha value is -2.74. The molecule has 178 valence electrons. The van der Waals surface area contributed by atoms with Gasteiger partial charge in [0.2, 0.25) is 0 Å². The minimum absolute atomic E-state index is 0.264. The number of alkyl halides is 3. The van der Waals surface area contributed by atoms with Crippen LogP contribution in [0.2, 0.25) is 0 Å². The summed E-state index contributed by atoms with van der Waals surface area (Å²) in [7, 11) is 0. The molecule has 0 spiro atoms. The summed E-state index contributed by atoms with van der Waals surface area (Å²) in [6.45, 7) is 1.89. The average molecular weight is 463 g/mol. The molecule has 4 rings (SSSR count). The first-order valence-corrected chi connectivity index (χ1v) is 11.5. The number of ether oxygens (including phenoxy) is 1. The van der Waals surface area contributed by atoms with Crippen LogP contribution in [0.5, 0.6) is 11.5 Å². The second-order valence-electron chi connectivity index (χ2n) is 8.83. The topological polar surface area (TPSA) is 53.0 Å². The molecule has 2 aromatic rings. The number of rotatable bonds is 4. The molecule has 1 heterocycles. The molecule has 5 nitrogen and oxygen atoms in total. The minimum Gasteiger partial charge on any atom is -0.465 e. The van der Waals surface area contributed by atoms with Crippen LogP contribution in [0.25, 0.3) is 0 Å². The molecule has 1 N–H and O–H groups in total. The van der Waals surface area contributed by atoms with Gasteiger partial charge < -0.3 is 9.84 Å². The van der Waals surface area contributed by atoms with Gasteiger partial charge in [-0.05, 0) is 54.8 Å². The number of carboxylic acid groups (broad SMARTS) is 1. The van der Waals surface area contributed by atoms with Crippen LogP contribution in [-0.2, 0) is 6.18 Å². The highest BCUT2D eigenvalue weighted by Crippen LogP contribution is 2.33. The molecule has 1 atom stereocenters. The van der Waals surface area contributed by atoms with Crippen molar-refractivity contribution in [2.45, 2.75) is 56.8 Å². The Kier molecular flexibility index (Phi) is 7.12. The molecule has 2 aliphatic rings. The first-order valence-electron chi connectivity index (χ1n) is 11.5. The highest BCUT2D eigenvalue weighted by atomic mass is 19.4. The molecule has 0 radical (unpaired) electrons. The molecule has 1 aliphatic heterocycles. The lowest BCUT2D eigenvalue weighted by atomic mass is 9.99. The fraction of sp³-hybridized carbons (Fsp3) is 0.480. The Balaban J connectivity index is 1.46. The summed E-state index contributed by atoms with van der Waals surface area (Å²) in [5.74, 6) is 0.789. The largest absolute Gasteiger partial charge is 0.465 e. The number of hydrogen-bond donors (Lipinski definition) is 1. The fourth-order valence-corrected chi connectivity index (χ4v) is 4.88. The number of carbonyl (C=O) groups is 1. The van der Waals surface area contributed by atoms with Gasteiger partial charge in [-0.1, -0.05) is 37.8 Å². The van der Waals surface area contributed by atoms with Crippen molar-refractivity contribution in [1.82, 2.24) is 9.80 Å². The summed E-state index contributed by atoms with van der Waals surface area (Å²) < 4.78 is 43.9. The summed E-state index contributed by atoms with van der Waals surface area (Å²) in [6.07, 6.45) is 2.02. The summed E-state index contributed by atoms with van der Waals surface area (Å²) >= 11 is 0. The molecule has 1 unspecified atom stereocenters. The van der Waals surface area contributed by atoms with Crippen molar-refractivity contribution in [3.05, 3.63) is 59.7 Å². The lowest BCUT2D eigenvalue weighted by Crippen LogP contribution is -2.53. The van der Waals surface area contributed by atoms with Gasteiger partial charge in [-0.3, -0.25) is 9.80 Å². The zero-order chi connectivity index (χ0) is 23.4. The SMILES string of the molecule is O=C(O)N1CCN(C2CCCCCC2)CC1c1ccc(Oc2ccc(C(F)(F)F)cc2)cc1. The third-order valence-corrected chi connectivity index (χ3v) is 6.68. The van der Waals surface area contributed by atoms with Crippen LogP contribution in [0, 0.1) is 0 Å². The lowest BCUT2D eigenvalue weighted by molar-refractivity contribution is -0.137. The maximum atomic E-state index is 12.7. The third-order valence-electron chi connectivity index (χ3n) is 6.68. The van der Waals surface area contributed by atoms with E-state index in [0.717, 1.165) is 24.2 Å². The van der Waals surface area contributed by atoms with Gasteiger partial charge in [0.15, 0.2) is 0 Å². The Labute approximate surface area is 191 Å². The maximum Gasteiger partial charge on any atom is 0.416 e. The van der Waals surface area contributed by atoms with Crippen molar-refractivity contribution < 1.29 is 27.8 Å². The zero-order valence-corrected chi connectivity index (χ0v) is 18.4. The highest BCUT2D eigenvalue weighted by Gasteiger charge is 2.34. The van der Waals surface area contributed by atoms with Crippen molar-refractivity contribution >= 4 is 6.09 Å². The van der Waals surface area contributed by atoms with E-state index in [4.69, 9.17) is 4.74 Å². The van der Waals surface area contributed by atoms with E-state index in [1.165, 1.54) is 55.6 Å². The molecule has 1 aliphatic carbocycles. The van der Waals surface area contributed by atoms with Crippen molar-refractivity contribution in [2.75, 3.05) is 19.6 Å². The van der Waals surface area contributed by atoms with Crippen LogP contribution >= 0.6 is 0 Å². The first-order chi connectivity index (χ1) is 15.8. The highest BCUT2D eigenvalue weighted by molar-refractivity contribution is 5.66. The lowest BCUT2D eigenvalue weighted by Gasteiger charge is -2.43. The van der Waals surface area contributed by atoms with E-state index in [-0.39, 0.29) is 6.04 Å². The summed E-state index contributed by atoms with van der Waals surface area (Å²) in [5.41, 5.74) is 0.157. The molecular weight excluding hydrogens is 433 g/mol. The van der Waals surface area contributed by atoms with Crippen LogP contribution in [0.4, 0.5) is 18.0 Å². The van der Waals surface area contributed by atoms with Crippen molar-refractivity contribution in [3.63, 3.8) is 0 Å². The normalized spacial score (nSPS) is 20.9. The predicted octanol–water partition coefficient (Wildman–Crippen LogP) is 6.56. The Morgan fingerprint density at radius 1 is 0.879 bits per heavy atom. The van der Waals surface area contributed by atoms with Gasteiger partial charge in [0, 0.05) is 25.7 Å². The van der Waals surface area contributed by atoms with Crippen LogP contribution in [0.3, 0.4) is 0 Å². The van der Waals surface area contributed by atoms with Gasteiger partial charge in [0.05, 0.1) is 11.6 Å². The second kappa shape index (κ2) is 10.0. The van der Waals surface area contributed by atoms with E-state index < -0.39 is 17.8 Å². The molecule has 1 saturated heterocycles. The molecule has 2 fully saturated rings. The number of hydrogen-bond acceptors (Lipinski definition) is 3. The van der Waals surface area contributed by atoms with Crippen molar-refractivity contribution in [1.29, 1.82) is 0 Å². The molecule has 33 heavy (non-hydrogen) atoms. The quantitative estimate of drug-likeness (QED) is 0.523. The van der Waals surface area contributed by atoms with Gasteiger partial charge in [-0.25, -0.2) is 4.79 Å². The van der Waals surface area contributed by atoms with Crippen LogP contribution in [-0.4, -0.2) is 46.7 Å². The minimum atomic E-state index is -4.39. The molecule has 1 saturated carbocycles. The maximum absolute atomic E-state index is 12.7. The number of piperazine rings is 1. The van der Waals surface area contributed by atoms with Crippen molar-refractivity contribution in [3.8, 4) is 11.5 Å². The zero-order valence-electron chi connectivity index (χ0n) is 18.4. The Morgan fingerprint density at radius 3 is 2.00 bits per heavy atom. The van der Waals surface area contributed by atoms with Gasteiger partial charge in [-0.2, -0.15) is 13.2 Å². The number of benzene rings is 2. The number of nitrogens with zero attached hydrogens (tertiary/aromatic N) is 2. The van der Waals surface area contributed by atoms with Crippen molar-refractivity contribution in [2.24, 2.45) is 0 Å².